The van der Waals surface area contributed by atoms with Crippen molar-refractivity contribution in [1.82, 2.24) is 19.7 Å². The smallest absolute Gasteiger partial charge is 0.224 e. The zero-order chi connectivity index (χ0) is 9.97. The SMILES string of the molecule is N#Cc1cnn(-c2ccnc(Cl)n2)c1. The van der Waals surface area contributed by atoms with Crippen molar-refractivity contribution in [1.29, 1.82) is 5.26 Å². The van der Waals surface area contributed by atoms with E-state index in [1.807, 2.05) is 6.07 Å². The van der Waals surface area contributed by atoms with Gasteiger partial charge in [0, 0.05) is 12.3 Å². The molecule has 0 saturated carbocycles. The quantitative estimate of drug-likeness (QED) is 0.656. The fraction of sp³-hybridized carbons (Fsp3) is 0. The lowest BCUT2D eigenvalue weighted by Gasteiger charge is -1.97. The van der Waals surface area contributed by atoms with E-state index in [1.165, 1.54) is 17.1 Å². The zero-order valence-electron chi connectivity index (χ0n) is 6.92. The Labute approximate surface area is 84.6 Å². The average Bonchev–Trinajstić information content (AvgIpc) is 2.66. The topological polar surface area (TPSA) is 67.4 Å². The second kappa shape index (κ2) is 3.44. The Morgan fingerprint density at radius 1 is 1.50 bits per heavy atom. The molecule has 0 amide bonds. The van der Waals surface area contributed by atoms with Gasteiger partial charge in [0.1, 0.15) is 6.07 Å². The van der Waals surface area contributed by atoms with Gasteiger partial charge in [-0.2, -0.15) is 15.3 Å². The highest BCUT2D eigenvalue weighted by Crippen LogP contribution is 2.06. The molecular formula is C8H4ClN5. The monoisotopic (exact) mass is 205 g/mol. The molecule has 0 spiro atoms. The molecule has 0 unspecified atom stereocenters. The van der Waals surface area contributed by atoms with Crippen molar-refractivity contribution in [3.63, 3.8) is 0 Å². The fourth-order valence-corrected chi connectivity index (χ4v) is 1.10. The van der Waals surface area contributed by atoms with Crippen LogP contribution in [0, 0.1) is 11.3 Å². The minimum absolute atomic E-state index is 0.150. The lowest BCUT2D eigenvalue weighted by Crippen LogP contribution is -1.98. The van der Waals surface area contributed by atoms with Gasteiger partial charge in [0.05, 0.1) is 18.0 Å². The third kappa shape index (κ3) is 1.56. The lowest BCUT2D eigenvalue weighted by molar-refractivity contribution is 0.839. The molecule has 0 aliphatic rings. The molecule has 2 aromatic rings. The second-order valence-corrected chi connectivity index (χ2v) is 2.81. The van der Waals surface area contributed by atoms with Gasteiger partial charge in [-0.3, -0.25) is 0 Å². The molecule has 2 heterocycles. The van der Waals surface area contributed by atoms with Crippen molar-refractivity contribution in [2.45, 2.75) is 0 Å². The molecule has 2 aromatic heterocycles. The van der Waals surface area contributed by atoms with E-state index in [-0.39, 0.29) is 5.28 Å². The molecular weight excluding hydrogens is 202 g/mol. The minimum atomic E-state index is 0.150. The predicted molar refractivity (Wildman–Crippen MR) is 48.9 cm³/mol. The molecule has 0 bridgehead atoms. The number of hydrogen-bond acceptors (Lipinski definition) is 4. The van der Waals surface area contributed by atoms with Crippen molar-refractivity contribution < 1.29 is 0 Å². The summed E-state index contributed by atoms with van der Waals surface area (Å²) in [7, 11) is 0. The van der Waals surface area contributed by atoms with Crippen molar-refractivity contribution in [3.05, 3.63) is 35.5 Å². The maximum atomic E-state index is 8.59. The van der Waals surface area contributed by atoms with Crippen molar-refractivity contribution in [2.75, 3.05) is 0 Å². The van der Waals surface area contributed by atoms with Crippen LogP contribution >= 0.6 is 11.6 Å². The van der Waals surface area contributed by atoms with Gasteiger partial charge in [0.2, 0.25) is 5.28 Å². The van der Waals surface area contributed by atoms with Gasteiger partial charge in [0.15, 0.2) is 5.82 Å². The Bertz CT molecular complexity index is 498. The maximum Gasteiger partial charge on any atom is 0.224 e. The van der Waals surface area contributed by atoms with E-state index in [0.29, 0.717) is 11.4 Å². The normalized spacial score (nSPS) is 9.71. The van der Waals surface area contributed by atoms with Crippen LogP contribution in [0.15, 0.2) is 24.7 Å². The Kier molecular flexibility index (Phi) is 2.13. The number of nitriles is 1. The van der Waals surface area contributed by atoms with E-state index in [4.69, 9.17) is 16.9 Å². The van der Waals surface area contributed by atoms with E-state index in [9.17, 15) is 0 Å². The van der Waals surface area contributed by atoms with Crippen LogP contribution in [0.2, 0.25) is 5.28 Å². The summed E-state index contributed by atoms with van der Waals surface area (Å²) in [6.07, 6.45) is 4.55. The summed E-state index contributed by atoms with van der Waals surface area (Å²) in [5.41, 5.74) is 0.472. The minimum Gasteiger partial charge on any atom is -0.226 e. The molecule has 6 heteroatoms. The molecule has 0 aliphatic heterocycles. The molecule has 0 atom stereocenters. The Balaban J connectivity index is 2.45. The second-order valence-electron chi connectivity index (χ2n) is 2.47. The molecule has 14 heavy (non-hydrogen) atoms. The van der Waals surface area contributed by atoms with Crippen LogP contribution < -0.4 is 0 Å². The lowest BCUT2D eigenvalue weighted by atomic mass is 10.4. The number of halogens is 1. The fourth-order valence-electron chi connectivity index (χ4n) is 0.960. The molecule has 2 rings (SSSR count). The average molecular weight is 206 g/mol. The molecule has 0 N–H and O–H groups in total. The van der Waals surface area contributed by atoms with Gasteiger partial charge in [-0.05, 0) is 11.6 Å². The third-order valence-electron chi connectivity index (χ3n) is 1.56. The van der Waals surface area contributed by atoms with Crippen LogP contribution in [0.5, 0.6) is 0 Å². The first-order chi connectivity index (χ1) is 6.79. The highest BCUT2D eigenvalue weighted by molar-refractivity contribution is 6.28. The summed E-state index contributed by atoms with van der Waals surface area (Å²) >= 11 is 5.61. The van der Waals surface area contributed by atoms with E-state index in [1.54, 1.807) is 12.3 Å². The highest BCUT2D eigenvalue weighted by Gasteiger charge is 2.01. The van der Waals surface area contributed by atoms with Gasteiger partial charge in [0.25, 0.3) is 0 Å². The summed E-state index contributed by atoms with van der Waals surface area (Å²) in [4.78, 5) is 7.68. The predicted octanol–water partition coefficient (Wildman–Crippen LogP) is 1.19. The first kappa shape index (κ1) is 8.66. The van der Waals surface area contributed by atoms with E-state index in [2.05, 4.69) is 15.1 Å². The summed E-state index contributed by atoms with van der Waals surface area (Å²) in [6.45, 7) is 0. The maximum absolute atomic E-state index is 8.59. The Morgan fingerprint density at radius 2 is 2.36 bits per heavy atom. The number of aromatic nitrogens is 4. The van der Waals surface area contributed by atoms with Crippen LogP contribution in [0.25, 0.3) is 5.82 Å². The van der Waals surface area contributed by atoms with Gasteiger partial charge in [-0.15, -0.1) is 0 Å². The summed E-state index contributed by atoms with van der Waals surface area (Å²) in [5, 5.41) is 12.7. The van der Waals surface area contributed by atoms with Crippen LogP contribution in [-0.2, 0) is 0 Å². The highest BCUT2D eigenvalue weighted by atomic mass is 35.5. The van der Waals surface area contributed by atoms with E-state index >= 15 is 0 Å². The van der Waals surface area contributed by atoms with Crippen molar-refractivity contribution in [3.8, 4) is 11.9 Å². The largest absolute Gasteiger partial charge is 0.226 e. The number of nitrogens with zero attached hydrogens (tertiary/aromatic N) is 5. The molecule has 0 fully saturated rings. The molecule has 5 nitrogen and oxygen atoms in total. The van der Waals surface area contributed by atoms with Crippen LogP contribution in [0.1, 0.15) is 5.56 Å². The Hall–Kier alpha value is -1.93. The van der Waals surface area contributed by atoms with Crippen molar-refractivity contribution >= 4 is 11.6 Å². The standard InChI is InChI=1S/C8H4ClN5/c9-8-11-2-1-7(13-8)14-5-6(3-10)4-12-14/h1-2,4-5H. The van der Waals surface area contributed by atoms with Gasteiger partial charge >= 0.3 is 0 Å². The summed E-state index contributed by atoms with van der Waals surface area (Å²) < 4.78 is 1.46. The zero-order valence-corrected chi connectivity index (χ0v) is 7.68. The first-order valence-corrected chi connectivity index (χ1v) is 4.11. The number of rotatable bonds is 1. The van der Waals surface area contributed by atoms with E-state index < -0.39 is 0 Å². The van der Waals surface area contributed by atoms with E-state index in [0.717, 1.165) is 0 Å². The Morgan fingerprint density at radius 3 is 3.00 bits per heavy atom. The van der Waals surface area contributed by atoms with Crippen LogP contribution in [-0.4, -0.2) is 19.7 Å². The molecule has 0 aliphatic carbocycles. The summed E-state index contributed by atoms with van der Waals surface area (Å²) in [5.74, 6) is 0.534. The van der Waals surface area contributed by atoms with Crippen molar-refractivity contribution in [2.24, 2.45) is 0 Å². The molecule has 0 aromatic carbocycles. The molecule has 0 radical (unpaired) electrons. The third-order valence-corrected chi connectivity index (χ3v) is 1.74. The molecule has 68 valence electrons. The van der Waals surface area contributed by atoms with Gasteiger partial charge < -0.3 is 0 Å². The van der Waals surface area contributed by atoms with Gasteiger partial charge in [-0.25, -0.2) is 9.67 Å². The van der Waals surface area contributed by atoms with Gasteiger partial charge in [-0.1, -0.05) is 0 Å². The summed E-state index contributed by atoms with van der Waals surface area (Å²) in [6, 6.07) is 3.62. The van der Waals surface area contributed by atoms with Crippen LogP contribution in [0.4, 0.5) is 0 Å². The number of hydrogen-bond donors (Lipinski definition) is 0. The molecule has 0 saturated heterocycles. The van der Waals surface area contributed by atoms with Crippen LogP contribution in [0.3, 0.4) is 0 Å². The first-order valence-electron chi connectivity index (χ1n) is 3.73.